The maximum Gasteiger partial charge on any atom is 0.257 e. The van der Waals surface area contributed by atoms with Gasteiger partial charge in [-0.05, 0) is 29.7 Å². The number of halogens is 1. The molecule has 1 aliphatic rings. The van der Waals surface area contributed by atoms with Crippen LogP contribution in [0.3, 0.4) is 0 Å². The van der Waals surface area contributed by atoms with E-state index in [2.05, 4.69) is 20.1 Å². The van der Waals surface area contributed by atoms with Crippen LogP contribution in [-0.2, 0) is 10.0 Å². The van der Waals surface area contributed by atoms with Crippen molar-refractivity contribution >= 4 is 21.9 Å². The molecule has 1 aromatic heterocycles. The van der Waals surface area contributed by atoms with Gasteiger partial charge in [-0.2, -0.15) is 4.98 Å². The van der Waals surface area contributed by atoms with E-state index in [1.54, 1.807) is 16.8 Å². The van der Waals surface area contributed by atoms with Gasteiger partial charge in [0.25, 0.3) is 5.95 Å². The molecule has 0 fully saturated rings. The van der Waals surface area contributed by atoms with Crippen LogP contribution in [0.5, 0.6) is 0 Å². The number of benzene rings is 2. The third-order valence-electron chi connectivity index (χ3n) is 4.42. The predicted molar refractivity (Wildman–Crippen MR) is 100 cm³/mol. The van der Waals surface area contributed by atoms with Crippen LogP contribution in [0.4, 0.5) is 16.3 Å². The summed E-state index contributed by atoms with van der Waals surface area (Å²) in [5.74, 6) is 0.141. The quantitative estimate of drug-likeness (QED) is 0.719. The number of sulfonamides is 1. The van der Waals surface area contributed by atoms with Crippen molar-refractivity contribution in [3.63, 3.8) is 0 Å². The lowest BCUT2D eigenvalue weighted by molar-refractivity contribution is 0.431. The highest BCUT2D eigenvalue weighted by atomic mass is 32.2. The third kappa shape index (κ3) is 3.77. The molecule has 2 atom stereocenters. The molecule has 1 aliphatic heterocycles. The van der Waals surface area contributed by atoms with Crippen molar-refractivity contribution in [1.29, 1.82) is 0 Å². The maximum absolute atomic E-state index is 13.4. The second-order valence-corrected chi connectivity index (χ2v) is 8.24. The first-order valence-corrected chi connectivity index (χ1v) is 10.3. The first kappa shape index (κ1) is 17.5. The molecule has 4 rings (SSSR count). The molecule has 7 nitrogen and oxygen atoms in total. The van der Waals surface area contributed by atoms with Crippen LogP contribution in [0.1, 0.15) is 29.6 Å². The Balaban J connectivity index is 1.76. The monoisotopic (exact) mass is 387 g/mol. The van der Waals surface area contributed by atoms with Gasteiger partial charge in [0.05, 0.1) is 18.3 Å². The van der Waals surface area contributed by atoms with Gasteiger partial charge in [-0.15, -0.1) is 5.10 Å². The first-order valence-electron chi connectivity index (χ1n) is 8.40. The zero-order valence-electron chi connectivity index (χ0n) is 14.5. The lowest BCUT2D eigenvalue weighted by Gasteiger charge is -2.31. The van der Waals surface area contributed by atoms with E-state index < -0.39 is 10.0 Å². The minimum absolute atomic E-state index is 0.000762. The molecular weight excluding hydrogens is 369 g/mol. The molecular formula is C18H18FN5O2S. The van der Waals surface area contributed by atoms with E-state index >= 15 is 0 Å². The number of fused-ring (bicyclic) bond motifs is 1. The molecule has 0 spiro atoms. The van der Waals surface area contributed by atoms with Gasteiger partial charge in [0.2, 0.25) is 16.0 Å². The zero-order valence-corrected chi connectivity index (χ0v) is 15.3. The summed E-state index contributed by atoms with van der Waals surface area (Å²) in [5.41, 5.74) is 1.95. The second kappa shape index (κ2) is 6.66. The second-order valence-electron chi connectivity index (χ2n) is 6.49. The van der Waals surface area contributed by atoms with E-state index in [1.165, 1.54) is 12.1 Å². The molecule has 0 aliphatic carbocycles. The van der Waals surface area contributed by atoms with Crippen LogP contribution in [0.25, 0.3) is 0 Å². The molecule has 2 N–H and O–H groups in total. The summed E-state index contributed by atoms with van der Waals surface area (Å²) >= 11 is 0. The normalized spacial score (nSPS) is 19.2. The Kier molecular flexibility index (Phi) is 4.31. The van der Waals surface area contributed by atoms with Crippen molar-refractivity contribution in [3.05, 3.63) is 71.5 Å². The number of anilines is 2. The fourth-order valence-electron chi connectivity index (χ4n) is 3.25. The number of hydrogen-bond acceptors (Lipinski definition) is 5. The largest absolute Gasteiger partial charge is 0.347 e. The van der Waals surface area contributed by atoms with Crippen molar-refractivity contribution in [1.82, 2.24) is 14.8 Å². The van der Waals surface area contributed by atoms with E-state index in [4.69, 9.17) is 0 Å². The number of nitrogens with one attached hydrogen (secondary N) is 2. The molecule has 27 heavy (non-hydrogen) atoms. The topological polar surface area (TPSA) is 88.9 Å². The number of aromatic nitrogens is 3. The number of rotatable bonds is 4. The van der Waals surface area contributed by atoms with Gasteiger partial charge in [-0.3, -0.25) is 4.72 Å². The van der Waals surface area contributed by atoms with E-state index in [0.29, 0.717) is 12.4 Å². The van der Waals surface area contributed by atoms with Gasteiger partial charge >= 0.3 is 0 Å². The highest BCUT2D eigenvalue weighted by Gasteiger charge is 2.31. The summed E-state index contributed by atoms with van der Waals surface area (Å²) in [7, 11) is -3.50. The molecule has 0 bridgehead atoms. The Bertz CT molecular complexity index is 1050. The lowest BCUT2D eigenvalue weighted by Crippen LogP contribution is -2.28. The van der Waals surface area contributed by atoms with Crippen molar-refractivity contribution in [2.24, 2.45) is 0 Å². The van der Waals surface area contributed by atoms with Gasteiger partial charge in [0.1, 0.15) is 5.82 Å². The number of nitrogens with zero attached hydrogens (tertiary/aromatic N) is 3. The molecule has 0 radical (unpaired) electrons. The fourth-order valence-corrected chi connectivity index (χ4v) is 3.67. The molecule has 9 heteroatoms. The van der Waals surface area contributed by atoms with Crippen molar-refractivity contribution < 1.29 is 12.8 Å². The molecule has 0 amide bonds. The summed E-state index contributed by atoms with van der Waals surface area (Å²) in [4.78, 5) is 4.28. The van der Waals surface area contributed by atoms with E-state index in [9.17, 15) is 12.8 Å². The molecule has 2 heterocycles. The summed E-state index contributed by atoms with van der Waals surface area (Å²) in [6.07, 6.45) is 1.70. The molecule has 0 saturated carbocycles. The Morgan fingerprint density at radius 3 is 2.48 bits per heavy atom. The molecule has 0 saturated heterocycles. The van der Waals surface area contributed by atoms with Crippen LogP contribution in [0.2, 0.25) is 0 Å². The van der Waals surface area contributed by atoms with E-state index in [-0.39, 0.29) is 23.8 Å². The van der Waals surface area contributed by atoms with Gasteiger partial charge in [0.15, 0.2) is 0 Å². The van der Waals surface area contributed by atoms with Crippen molar-refractivity contribution in [2.45, 2.75) is 18.5 Å². The Morgan fingerprint density at radius 2 is 1.81 bits per heavy atom. The molecule has 140 valence electrons. The molecule has 2 aromatic carbocycles. The van der Waals surface area contributed by atoms with Crippen LogP contribution in [0.15, 0.2) is 54.6 Å². The third-order valence-corrected chi connectivity index (χ3v) is 4.98. The van der Waals surface area contributed by atoms with Gasteiger partial charge in [0, 0.05) is 0 Å². The van der Waals surface area contributed by atoms with Crippen molar-refractivity contribution in [2.75, 3.05) is 16.3 Å². The highest BCUT2D eigenvalue weighted by Crippen LogP contribution is 2.38. The SMILES string of the molecule is CS(=O)(=O)Nc1nc2n(n1)[C@H](c1ccc(F)cc1)C[C@@H](c1ccccc1)N2. The van der Waals surface area contributed by atoms with E-state index in [0.717, 1.165) is 17.4 Å². The standard InChI is InChI=1S/C18H18FN5O2S/c1-27(25,26)23-17-21-18-20-15(12-5-3-2-4-6-12)11-16(24(18)22-17)13-7-9-14(19)10-8-13/h2-10,15-16H,11H2,1H3,(H2,20,21,22,23)/t15-,16-/m0/s1. The fraction of sp³-hybridized carbons (Fsp3) is 0.222. The Morgan fingerprint density at radius 1 is 1.11 bits per heavy atom. The predicted octanol–water partition coefficient (Wildman–Crippen LogP) is 2.94. The van der Waals surface area contributed by atoms with Gasteiger partial charge in [-0.25, -0.2) is 17.5 Å². The van der Waals surface area contributed by atoms with Crippen LogP contribution in [-0.4, -0.2) is 29.4 Å². The average Bonchev–Trinajstić information content (AvgIpc) is 3.02. The minimum Gasteiger partial charge on any atom is -0.347 e. The summed E-state index contributed by atoms with van der Waals surface area (Å²) in [6.45, 7) is 0. The minimum atomic E-state index is -3.50. The molecule has 3 aromatic rings. The van der Waals surface area contributed by atoms with Gasteiger partial charge < -0.3 is 5.32 Å². The van der Waals surface area contributed by atoms with Gasteiger partial charge in [-0.1, -0.05) is 42.5 Å². The Labute approximate surface area is 156 Å². The maximum atomic E-state index is 13.4. The zero-order chi connectivity index (χ0) is 19.0. The van der Waals surface area contributed by atoms with Crippen LogP contribution >= 0.6 is 0 Å². The highest BCUT2D eigenvalue weighted by molar-refractivity contribution is 7.91. The summed E-state index contributed by atoms with van der Waals surface area (Å²) < 4.78 is 40.4. The molecule has 0 unspecified atom stereocenters. The van der Waals surface area contributed by atoms with Crippen LogP contribution in [0, 0.1) is 5.82 Å². The van der Waals surface area contributed by atoms with E-state index in [1.807, 2.05) is 30.3 Å². The summed E-state index contributed by atoms with van der Waals surface area (Å²) in [5, 5.41) is 7.61. The first-order chi connectivity index (χ1) is 12.9. The summed E-state index contributed by atoms with van der Waals surface area (Å²) in [6, 6.07) is 15.9. The van der Waals surface area contributed by atoms with Crippen LogP contribution < -0.4 is 10.0 Å². The lowest BCUT2D eigenvalue weighted by atomic mass is 9.93. The number of hydrogen-bond donors (Lipinski definition) is 2. The van der Waals surface area contributed by atoms with Crippen molar-refractivity contribution in [3.8, 4) is 0 Å². The average molecular weight is 387 g/mol. The Hall–Kier alpha value is -2.94. The smallest absolute Gasteiger partial charge is 0.257 e.